The van der Waals surface area contributed by atoms with Gasteiger partial charge in [0.15, 0.2) is 5.11 Å². The zero-order chi connectivity index (χ0) is 24.2. The van der Waals surface area contributed by atoms with E-state index in [0.29, 0.717) is 34.2 Å². The maximum Gasteiger partial charge on any atom is 0.255 e. The summed E-state index contributed by atoms with van der Waals surface area (Å²) in [5, 5.41) is 6.60. The number of benzene rings is 3. The van der Waals surface area contributed by atoms with Gasteiger partial charge in [0.1, 0.15) is 11.6 Å². The highest BCUT2D eigenvalue weighted by Gasteiger charge is 2.35. The van der Waals surface area contributed by atoms with Gasteiger partial charge < -0.3 is 20.3 Å². The molecule has 0 unspecified atom stereocenters. The maximum atomic E-state index is 14.8. The lowest BCUT2D eigenvalue weighted by molar-refractivity contribution is -0.113. The second kappa shape index (κ2) is 10.1. The fourth-order valence-electron chi connectivity index (χ4n) is 4.12. The molecule has 0 fully saturated rings. The summed E-state index contributed by atoms with van der Waals surface area (Å²) in [5.41, 5.74) is 3.95. The molecule has 7 heteroatoms. The topological polar surface area (TPSA) is 53.6 Å². The summed E-state index contributed by atoms with van der Waals surface area (Å²) in [6, 6.07) is 20.9. The molecule has 1 aliphatic heterocycles. The van der Waals surface area contributed by atoms with Crippen LogP contribution in [-0.2, 0) is 11.3 Å². The molecule has 4 rings (SSSR count). The predicted molar refractivity (Wildman–Crippen MR) is 136 cm³/mol. The summed E-state index contributed by atoms with van der Waals surface area (Å²) in [6.45, 7) is 4.16. The van der Waals surface area contributed by atoms with E-state index in [1.165, 1.54) is 6.07 Å². The quantitative estimate of drug-likeness (QED) is 0.462. The van der Waals surface area contributed by atoms with Gasteiger partial charge in [-0.15, -0.1) is 0 Å². The van der Waals surface area contributed by atoms with Crippen molar-refractivity contribution in [3.8, 4) is 5.75 Å². The van der Waals surface area contributed by atoms with Gasteiger partial charge in [-0.25, -0.2) is 4.39 Å². The molecule has 5 nitrogen and oxygen atoms in total. The van der Waals surface area contributed by atoms with Gasteiger partial charge in [-0.05, 0) is 49.8 Å². The Labute approximate surface area is 204 Å². The molecule has 0 radical (unpaired) electrons. The maximum absolute atomic E-state index is 14.8. The molecule has 3 aromatic rings. The van der Waals surface area contributed by atoms with Crippen LogP contribution in [0.4, 0.5) is 10.1 Å². The predicted octanol–water partition coefficient (Wildman–Crippen LogP) is 5.49. The fourth-order valence-corrected chi connectivity index (χ4v) is 4.43. The molecule has 2 N–H and O–H groups in total. The van der Waals surface area contributed by atoms with Gasteiger partial charge in [-0.2, -0.15) is 0 Å². The van der Waals surface area contributed by atoms with Crippen LogP contribution >= 0.6 is 12.2 Å². The van der Waals surface area contributed by atoms with Gasteiger partial charge in [-0.1, -0.05) is 54.6 Å². The third-order valence-electron chi connectivity index (χ3n) is 5.97. The number of nitrogens with one attached hydrogen (secondary N) is 2. The molecule has 174 valence electrons. The van der Waals surface area contributed by atoms with E-state index in [1.807, 2.05) is 67.3 Å². The summed E-state index contributed by atoms with van der Waals surface area (Å²) in [5.74, 6) is -0.00436. The van der Waals surface area contributed by atoms with Crippen molar-refractivity contribution in [2.75, 3.05) is 12.4 Å². The van der Waals surface area contributed by atoms with Crippen molar-refractivity contribution in [2.24, 2.45) is 0 Å². The first-order valence-electron chi connectivity index (χ1n) is 10.9. The Hall–Kier alpha value is -3.71. The number of aryl methyl sites for hydroxylation is 1. The van der Waals surface area contributed by atoms with E-state index >= 15 is 0 Å². The minimum absolute atomic E-state index is 0.319. The minimum Gasteiger partial charge on any atom is -0.496 e. The highest BCUT2D eigenvalue weighted by Crippen LogP contribution is 2.34. The second-order valence-electron chi connectivity index (χ2n) is 8.07. The van der Waals surface area contributed by atoms with Gasteiger partial charge in [0.2, 0.25) is 0 Å². The minimum atomic E-state index is -0.730. The van der Waals surface area contributed by atoms with E-state index in [9.17, 15) is 9.18 Å². The molecule has 0 bridgehead atoms. The number of methoxy groups -OCH3 is 1. The number of anilines is 1. The van der Waals surface area contributed by atoms with E-state index in [1.54, 1.807) is 25.3 Å². The van der Waals surface area contributed by atoms with Crippen LogP contribution in [0.5, 0.6) is 5.75 Å². The average molecular weight is 476 g/mol. The van der Waals surface area contributed by atoms with Gasteiger partial charge in [0, 0.05) is 22.5 Å². The molecular formula is C27H26FN3O2S. The summed E-state index contributed by atoms with van der Waals surface area (Å²) in [4.78, 5) is 15.5. The Morgan fingerprint density at radius 3 is 2.47 bits per heavy atom. The van der Waals surface area contributed by atoms with E-state index in [-0.39, 0.29) is 5.91 Å². The summed E-state index contributed by atoms with van der Waals surface area (Å²) < 4.78 is 20.3. The number of nitrogens with zero attached hydrogens (tertiary/aromatic N) is 1. The van der Waals surface area contributed by atoms with Crippen LogP contribution in [0.25, 0.3) is 0 Å². The van der Waals surface area contributed by atoms with Gasteiger partial charge in [0.25, 0.3) is 5.91 Å². The molecule has 0 saturated heterocycles. The Morgan fingerprint density at radius 2 is 1.74 bits per heavy atom. The van der Waals surface area contributed by atoms with Crippen molar-refractivity contribution < 1.29 is 13.9 Å². The number of hydrogen-bond donors (Lipinski definition) is 2. The number of rotatable bonds is 6. The van der Waals surface area contributed by atoms with Crippen molar-refractivity contribution in [1.82, 2.24) is 10.2 Å². The molecular weight excluding hydrogens is 449 g/mol. The lowest BCUT2D eigenvalue weighted by Gasteiger charge is -2.38. The molecule has 0 saturated carbocycles. The average Bonchev–Trinajstić information content (AvgIpc) is 2.83. The number of para-hydroxylation sites is 2. The van der Waals surface area contributed by atoms with Crippen molar-refractivity contribution in [2.45, 2.75) is 26.4 Å². The van der Waals surface area contributed by atoms with Crippen LogP contribution in [0.15, 0.2) is 84.1 Å². The number of carbonyl (C=O) groups excluding carboxylic acids is 1. The summed E-state index contributed by atoms with van der Waals surface area (Å²) in [6.07, 6.45) is 0. The summed E-state index contributed by atoms with van der Waals surface area (Å²) >= 11 is 5.68. The van der Waals surface area contributed by atoms with E-state index in [2.05, 4.69) is 10.6 Å². The zero-order valence-corrected chi connectivity index (χ0v) is 20.1. The van der Waals surface area contributed by atoms with Crippen LogP contribution in [-0.4, -0.2) is 23.0 Å². The third-order valence-corrected chi connectivity index (χ3v) is 6.31. The van der Waals surface area contributed by atoms with Crippen LogP contribution in [0.3, 0.4) is 0 Å². The lowest BCUT2D eigenvalue weighted by Crippen LogP contribution is -2.48. The molecule has 0 spiro atoms. The number of halogens is 1. The third kappa shape index (κ3) is 4.65. The number of amides is 1. The number of allylic oxidation sites excluding steroid dienone is 1. The molecule has 1 amide bonds. The summed E-state index contributed by atoms with van der Waals surface area (Å²) in [7, 11) is 1.61. The molecule has 1 aliphatic rings. The van der Waals surface area contributed by atoms with Crippen LogP contribution < -0.4 is 15.4 Å². The fraction of sp³-hybridized carbons (Fsp3) is 0.185. The van der Waals surface area contributed by atoms with Crippen LogP contribution in [0, 0.1) is 12.7 Å². The van der Waals surface area contributed by atoms with Crippen molar-refractivity contribution >= 4 is 28.9 Å². The first-order valence-corrected chi connectivity index (χ1v) is 11.3. The van der Waals surface area contributed by atoms with Crippen molar-refractivity contribution in [3.63, 3.8) is 0 Å². The number of ether oxygens (including phenoxy) is 1. The van der Waals surface area contributed by atoms with Crippen LogP contribution in [0.2, 0.25) is 0 Å². The first-order chi connectivity index (χ1) is 16.4. The van der Waals surface area contributed by atoms with Gasteiger partial charge in [-0.3, -0.25) is 4.79 Å². The molecule has 0 aliphatic carbocycles. The van der Waals surface area contributed by atoms with E-state index in [0.717, 1.165) is 16.9 Å². The Morgan fingerprint density at radius 1 is 1.06 bits per heavy atom. The van der Waals surface area contributed by atoms with Gasteiger partial charge in [0.05, 0.1) is 25.3 Å². The Balaban J connectivity index is 1.79. The molecule has 0 aromatic heterocycles. The molecule has 3 aromatic carbocycles. The second-order valence-corrected chi connectivity index (χ2v) is 8.46. The standard InChI is InChI=1S/C27H26FN3O2S/c1-17-10-4-8-14-22(17)29-26(32)24-18(2)31(16-19-11-5-9-15-23(19)33-3)27(34)30-25(24)20-12-6-7-13-21(20)28/h4-15,25H,16H2,1-3H3,(H,29,32)(H,30,34)/t25-/m1/s1. The van der Waals surface area contributed by atoms with Crippen molar-refractivity contribution in [3.05, 3.63) is 107 Å². The number of thiocarbonyl (C=S) groups is 1. The highest BCUT2D eigenvalue weighted by molar-refractivity contribution is 7.80. The number of hydrogen-bond acceptors (Lipinski definition) is 3. The lowest BCUT2D eigenvalue weighted by atomic mass is 9.93. The van der Waals surface area contributed by atoms with Gasteiger partial charge >= 0.3 is 0 Å². The van der Waals surface area contributed by atoms with E-state index in [4.69, 9.17) is 17.0 Å². The monoisotopic (exact) mass is 475 g/mol. The Kier molecular flexibility index (Phi) is 6.93. The molecule has 1 atom stereocenters. The zero-order valence-electron chi connectivity index (χ0n) is 19.3. The SMILES string of the molecule is COc1ccccc1CN1C(=S)N[C@H](c2ccccc2F)C(C(=O)Nc2ccccc2C)=C1C. The highest BCUT2D eigenvalue weighted by atomic mass is 32.1. The molecule has 34 heavy (non-hydrogen) atoms. The van der Waals surface area contributed by atoms with Crippen molar-refractivity contribution in [1.29, 1.82) is 0 Å². The Bertz CT molecular complexity index is 1270. The van der Waals surface area contributed by atoms with Crippen LogP contribution in [0.1, 0.15) is 29.7 Å². The number of carbonyl (C=O) groups is 1. The smallest absolute Gasteiger partial charge is 0.255 e. The largest absolute Gasteiger partial charge is 0.496 e. The van der Waals surface area contributed by atoms with E-state index < -0.39 is 11.9 Å². The normalized spacial score (nSPS) is 15.7. The first kappa shape index (κ1) is 23.4. The molecule has 1 heterocycles.